The number of halogens is 1. The lowest BCUT2D eigenvalue weighted by molar-refractivity contribution is -0.139. The number of fused-ring (bicyclic) bond motifs is 1. The fourth-order valence-corrected chi connectivity index (χ4v) is 5.60. The van der Waals surface area contributed by atoms with Crippen molar-refractivity contribution in [2.45, 2.75) is 53.7 Å². The van der Waals surface area contributed by atoms with Gasteiger partial charge in [0.25, 0.3) is 5.56 Å². The zero-order valence-corrected chi connectivity index (χ0v) is 23.9. The highest BCUT2D eigenvalue weighted by Crippen LogP contribution is 2.37. The second kappa shape index (κ2) is 11.6. The maximum absolute atomic E-state index is 13.8. The molecule has 1 atom stereocenters. The molecule has 0 amide bonds. The monoisotopic (exact) mass is 554 g/mol. The van der Waals surface area contributed by atoms with Gasteiger partial charge in [0.15, 0.2) is 16.3 Å². The lowest BCUT2D eigenvalue weighted by atomic mass is 9.95. The highest BCUT2D eigenvalue weighted by atomic mass is 35.5. The van der Waals surface area contributed by atoms with Crippen molar-refractivity contribution in [2.24, 2.45) is 4.99 Å². The lowest BCUT2D eigenvalue weighted by Crippen LogP contribution is -2.39. The van der Waals surface area contributed by atoms with Gasteiger partial charge in [0, 0.05) is 0 Å². The van der Waals surface area contributed by atoms with Crippen molar-refractivity contribution in [2.75, 3.05) is 13.2 Å². The molecular weight excluding hydrogens is 524 g/mol. The molecule has 2 heterocycles. The fourth-order valence-electron chi connectivity index (χ4n) is 4.29. The number of aromatic nitrogens is 1. The van der Waals surface area contributed by atoms with E-state index >= 15 is 0 Å². The third-order valence-corrected chi connectivity index (χ3v) is 7.16. The Morgan fingerprint density at radius 2 is 1.87 bits per heavy atom. The first-order chi connectivity index (χ1) is 18.1. The summed E-state index contributed by atoms with van der Waals surface area (Å²) >= 11 is 7.81. The van der Waals surface area contributed by atoms with Gasteiger partial charge in [0.2, 0.25) is 0 Å². The number of aryl methyl sites for hydroxylation is 1. The molecule has 38 heavy (non-hydrogen) atoms. The van der Waals surface area contributed by atoms with Crippen molar-refractivity contribution in [3.8, 4) is 11.5 Å². The predicted molar refractivity (Wildman–Crippen MR) is 150 cm³/mol. The minimum atomic E-state index is -0.655. The third-order valence-electron chi connectivity index (χ3n) is 5.89. The number of nitrogens with zero attached hydrogens (tertiary/aromatic N) is 2. The molecule has 0 aliphatic carbocycles. The van der Waals surface area contributed by atoms with Gasteiger partial charge in [-0.25, -0.2) is 9.79 Å². The van der Waals surface area contributed by atoms with Crippen molar-refractivity contribution in [3.63, 3.8) is 0 Å². The first-order valence-electron chi connectivity index (χ1n) is 12.5. The van der Waals surface area contributed by atoms with E-state index in [2.05, 4.69) is 4.99 Å². The number of thiazole rings is 1. The standard InChI is InChI=1S/C29H31ClN2O5S/c1-7-35-22-14-19(13-21(30)26(22)37-16(3)4)15-23-27(33)32-25(20-11-9-17(5)10-12-20)24(28(34)36-8-2)18(6)31-29(32)38-23/h9-16,25H,7-8H2,1-6H3/b23-15-/t25-/m0/s1. The van der Waals surface area contributed by atoms with Gasteiger partial charge in [0.05, 0.1) is 46.2 Å². The van der Waals surface area contributed by atoms with Crippen LogP contribution in [0.25, 0.3) is 6.08 Å². The van der Waals surface area contributed by atoms with Gasteiger partial charge in [-0.3, -0.25) is 9.36 Å². The highest BCUT2D eigenvalue weighted by molar-refractivity contribution is 7.07. The largest absolute Gasteiger partial charge is 0.490 e. The van der Waals surface area contributed by atoms with Crippen molar-refractivity contribution in [3.05, 3.63) is 89.1 Å². The van der Waals surface area contributed by atoms with Crippen LogP contribution >= 0.6 is 22.9 Å². The highest BCUT2D eigenvalue weighted by Gasteiger charge is 2.33. The van der Waals surface area contributed by atoms with Crippen LogP contribution in [0.3, 0.4) is 0 Å². The Balaban J connectivity index is 1.90. The van der Waals surface area contributed by atoms with E-state index < -0.39 is 12.0 Å². The molecule has 0 spiro atoms. The Hall–Kier alpha value is -3.36. The van der Waals surface area contributed by atoms with Crippen molar-refractivity contribution >= 4 is 35.0 Å². The van der Waals surface area contributed by atoms with Gasteiger partial charge in [0.1, 0.15) is 0 Å². The van der Waals surface area contributed by atoms with Gasteiger partial charge in [-0.2, -0.15) is 0 Å². The van der Waals surface area contributed by atoms with Crippen LogP contribution in [0.1, 0.15) is 57.4 Å². The van der Waals surface area contributed by atoms with Gasteiger partial charge in [-0.15, -0.1) is 0 Å². The first kappa shape index (κ1) is 27.7. The average Bonchev–Trinajstić information content (AvgIpc) is 3.15. The summed E-state index contributed by atoms with van der Waals surface area (Å²) < 4.78 is 19.0. The van der Waals surface area contributed by atoms with E-state index in [-0.39, 0.29) is 18.3 Å². The Kier molecular flexibility index (Phi) is 8.43. The molecule has 1 aromatic heterocycles. The summed E-state index contributed by atoms with van der Waals surface area (Å²) in [4.78, 5) is 32.0. The molecular formula is C29H31ClN2O5S. The molecule has 0 unspecified atom stereocenters. The third kappa shape index (κ3) is 5.56. The Labute approximate surface area is 230 Å². The van der Waals surface area contributed by atoms with Crippen molar-refractivity contribution in [1.82, 2.24) is 4.57 Å². The number of hydrogen-bond acceptors (Lipinski definition) is 7. The van der Waals surface area contributed by atoms with E-state index in [4.69, 9.17) is 25.8 Å². The van der Waals surface area contributed by atoms with Crippen LogP contribution in [0.2, 0.25) is 5.02 Å². The molecule has 7 nitrogen and oxygen atoms in total. The molecule has 0 bridgehead atoms. The molecule has 1 aliphatic rings. The van der Waals surface area contributed by atoms with Crippen LogP contribution in [0.15, 0.2) is 57.5 Å². The zero-order chi connectivity index (χ0) is 27.6. The lowest BCUT2D eigenvalue weighted by Gasteiger charge is -2.24. The predicted octanol–water partition coefficient (Wildman–Crippen LogP) is 4.95. The van der Waals surface area contributed by atoms with Crippen LogP contribution in [-0.2, 0) is 9.53 Å². The number of carbonyl (C=O) groups excluding carboxylic acids is 1. The van der Waals surface area contributed by atoms with Crippen molar-refractivity contribution < 1.29 is 19.0 Å². The minimum Gasteiger partial charge on any atom is -0.490 e. The molecule has 0 saturated heterocycles. The average molecular weight is 555 g/mol. The number of hydrogen-bond donors (Lipinski definition) is 0. The number of benzene rings is 2. The summed E-state index contributed by atoms with van der Waals surface area (Å²) in [6.45, 7) is 11.9. The molecule has 0 radical (unpaired) electrons. The van der Waals surface area contributed by atoms with E-state index in [1.807, 2.05) is 52.0 Å². The van der Waals surface area contributed by atoms with E-state index in [9.17, 15) is 9.59 Å². The Morgan fingerprint density at radius 1 is 1.16 bits per heavy atom. The minimum absolute atomic E-state index is 0.0835. The normalized spacial score (nSPS) is 15.4. The van der Waals surface area contributed by atoms with Gasteiger partial charge in [-0.05, 0) is 70.9 Å². The SMILES string of the molecule is CCOC(=O)C1=C(C)N=c2s/c(=C\c3cc(Cl)c(OC(C)C)c(OCC)c3)c(=O)n2[C@H]1c1ccc(C)cc1. The summed E-state index contributed by atoms with van der Waals surface area (Å²) in [7, 11) is 0. The molecule has 4 rings (SSSR count). The molecule has 0 N–H and O–H groups in total. The maximum Gasteiger partial charge on any atom is 0.338 e. The summed E-state index contributed by atoms with van der Waals surface area (Å²) in [6, 6.07) is 10.7. The number of carbonyl (C=O) groups is 1. The Morgan fingerprint density at radius 3 is 2.50 bits per heavy atom. The van der Waals surface area contributed by atoms with Crippen LogP contribution in [0.4, 0.5) is 0 Å². The molecule has 9 heteroatoms. The number of esters is 1. The first-order valence-corrected chi connectivity index (χ1v) is 13.7. The Bertz CT molecular complexity index is 1570. The van der Waals surface area contributed by atoms with E-state index in [1.54, 1.807) is 36.6 Å². The summed E-state index contributed by atoms with van der Waals surface area (Å²) in [5, 5.41) is 0.390. The second-order valence-electron chi connectivity index (χ2n) is 9.14. The molecule has 0 fully saturated rings. The van der Waals surface area contributed by atoms with Gasteiger partial charge >= 0.3 is 5.97 Å². The van der Waals surface area contributed by atoms with Crippen LogP contribution < -0.4 is 24.4 Å². The zero-order valence-electron chi connectivity index (χ0n) is 22.3. The van der Waals surface area contributed by atoms with Crippen LogP contribution in [0.5, 0.6) is 11.5 Å². The van der Waals surface area contributed by atoms with E-state index in [1.165, 1.54) is 11.3 Å². The smallest absolute Gasteiger partial charge is 0.338 e. The van der Waals surface area contributed by atoms with Crippen molar-refractivity contribution in [1.29, 1.82) is 0 Å². The summed E-state index contributed by atoms with van der Waals surface area (Å²) in [6.07, 6.45) is 1.67. The summed E-state index contributed by atoms with van der Waals surface area (Å²) in [5.74, 6) is 0.490. The maximum atomic E-state index is 13.8. The van der Waals surface area contributed by atoms with Gasteiger partial charge < -0.3 is 14.2 Å². The van der Waals surface area contributed by atoms with E-state index in [0.717, 1.165) is 11.1 Å². The molecule has 0 saturated carbocycles. The number of ether oxygens (including phenoxy) is 3. The molecule has 200 valence electrons. The molecule has 3 aromatic rings. The number of allylic oxidation sites excluding steroid dienone is 1. The van der Waals surface area contributed by atoms with Gasteiger partial charge in [-0.1, -0.05) is 52.8 Å². The molecule has 1 aliphatic heterocycles. The topological polar surface area (TPSA) is 79.1 Å². The quantitative estimate of drug-likeness (QED) is 0.368. The van der Waals surface area contributed by atoms with Crippen LogP contribution in [0, 0.1) is 6.92 Å². The van der Waals surface area contributed by atoms with Crippen LogP contribution in [-0.4, -0.2) is 29.9 Å². The number of rotatable bonds is 8. The molecule has 2 aromatic carbocycles. The fraction of sp³-hybridized carbons (Fsp3) is 0.345. The summed E-state index contributed by atoms with van der Waals surface area (Å²) in [5.41, 5.74) is 3.19. The van der Waals surface area contributed by atoms with E-state index in [0.29, 0.717) is 49.3 Å². The second-order valence-corrected chi connectivity index (χ2v) is 10.6.